The van der Waals surface area contributed by atoms with Crippen LogP contribution in [0, 0.1) is 6.92 Å². The molecule has 0 heterocycles. The lowest BCUT2D eigenvalue weighted by atomic mass is 10.1. The smallest absolute Gasteiger partial charge is 0.255 e. The number of nitrogens with one attached hydrogen (secondary N) is 2. The molecule has 0 fully saturated rings. The summed E-state index contributed by atoms with van der Waals surface area (Å²) in [5.41, 5.74) is 3.01. The van der Waals surface area contributed by atoms with Crippen LogP contribution in [-0.2, 0) is 0 Å². The van der Waals surface area contributed by atoms with E-state index in [1.165, 1.54) is 7.11 Å². The Balaban J connectivity index is 1.76. The fourth-order valence-corrected chi connectivity index (χ4v) is 2.82. The highest BCUT2D eigenvalue weighted by atomic mass is 16.5. The molecule has 2 amide bonds. The lowest BCUT2D eigenvalue weighted by Gasteiger charge is -2.12. The summed E-state index contributed by atoms with van der Waals surface area (Å²) in [5.74, 6) is 0.465. The monoisotopic (exact) mass is 390 g/mol. The molecule has 0 aliphatic rings. The minimum absolute atomic E-state index is 0.285. The van der Waals surface area contributed by atoms with E-state index in [9.17, 15) is 9.59 Å². The van der Waals surface area contributed by atoms with E-state index in [1.54, 1.807) is 49.6 Å². The zero-order valence-electron chi connectivity index (χ0n) is 16.5. The van der Waals surface area contributed by atoms with Crippen LogP contribution in [-0.4, -0.2) is 26.0 Å². The highest BCUT2D eigenvalue weighted by molar-refractivity contribution is 6.09. The number of benzene rings is 3. The van der Waals surface area contributed by atoms with Crippen molar-refractivity contribution in [1.29, 1.82) is 0 Å². The highest BCUT2D eigenvalue weighted by Gasteiger charge is 2.13. The Kier molecular flexibility index (Phi) is 6.14. The van der Waals surface area contributed by atoms with Crippen LogP contribution in [0.3, 0.4) is 0 Å². The third-order valence-electron chi connectivity index (χ3n) is 4.32. The second-order valence-corrected chi connectivity index (χ2v) is 6.42. The summed E-state index contributed by atoms with van der Waals surface area (Å²) in [6.07, 6.45) is 0. The first-order valence-electron chi connectivity index (χ1n) is 9.01. The van der Waals surface area contributed by atoms with Crippen LogP contribution in [0.5, 0.6) is 11.5 Å². The fraction of sp³-hybridized carbons (Fsp3) is 0.130. The van der Waals surface area contributed by atoms with E-state index in [2.05, 4.69) is 10.6 Å². The van der Waals surface area contributed by atoms with E-state index in [4.69, 9.17) is 9.47 Å². The van der Waals surface area contributed by atoms with Gasteiger partial charge in [-0.3, -0.25) is 9.59 Å². The minimum atomic E-state index is -0.348. The van der Waals surface area contributed by atoms with Crippen LogP contribution in [0.15, 0.2) is 66.7 Å². The first kappa shape index (κ1) is 19.9. The van der Waals surface area contributed by atoms with E-state index >= 15 is 0 Å². The van der Waals surface area contributed by atoms with Gasteiger partial charge in [-0.15, -0.1) is 0 Å². The maximum absolute atomic E-state index is 12.7. The number of carbonyl (C=O) groups is 2. The van der Waals surface area contributed by atoms with Crippen LogP contribution >= 0.6 is 0 Å². The molecule has 29 heavy (non-hydrogen) atoms. The van der Waals surface area contributed by atoms with Crippen molar-refractivity contribution in [1.82, 2.24) is 0 Å². The molecule has 0 saturated heterocycles. The van der Waals surface area contributed by atoms with Gasteiger partial charge in [0.1, 0.15) is 11.5 Å². The van der Waals surface area contributed by atoms with Gasteiger partial charge >= 0.3 is 0 Å². The van der Waals surface area contributed by atoms with Gasteiger partial charge in [-0.05, 0) is 55.0 Å². The highest BCUT2D eigenvalue weighted by Crippen LogP contribution is 2.29. The van der Waals surface area contributed by atoms with Crippen molar-refractivity contribution in [2.45, 2.75) is 6.92 Å². The average molecular weight is 390 g/mol. The molecule has 6 heteroatoms. The van der Waals surface area contributed by atoms with E-state index in [1.807, 2.05) is 31.2 Å². The molecule has 0 atom stereocenters. The SMILES string of the molecule is COc1ccc(NC(=O)c2cccc(C(=O)Nc3cccc(C)c3)c2)c(OC)c1. The van der Waals surface area contributed by atoms with Gasteiger partial charge in [0.2, 0.25) is 0 Å². The van der Waals surface area contributed by atoms with Gasteiger partial charge in [-0.1, -0.05) is 18.2 Å². The quantitative estimate of drug-likeness (QED) is 0.649. The van der Waals surface area contributed by atoms with Gasteiger partial charge in [-0.25, -0.2) is 0 Å². The van der Waals surface area contributed by atoms with E-state index in [0.717, 1.165) is 5.56 Å². The van der Waals surface area contributed by atoms with Crippen molar-refractivity contribution in [2.75, 3.05) is 24.9 Å². The van der Waals surface area contributed by atoms with Gasteiger partial charge in [-0.2, -0.15) is 0 Å². The van der Waals surface area contributed by atoms with E-state index in [0.29, 0.717) is 34.0 Å². The Morgan fingerprint density at radius 3 is 2.10 bits per heavy atom. The lowest BCUT2D eigenvalue weighted by Crippen LogP contribution is -2.16. The normalized spacial score (nSPS) is 10.2. The maximum Gasteiger partial charge on any atom is 0.255 e. The predicted molar refractivity (Wildman–Crippen MR) is 113 cm³/mol. The zero-order valence-corrected chi connectivity index (χ0v) is 16.5. The molecule has 0 aliphatic heterocycles. The third-order valence-corrected chi connectivity index (χ3v) is 4.32. The number of aryl methyl sites for hydroxylation is 1. The Morgan fingerprint density at radius 2 is 1.45 bits per heavy atom. The maximum atomic E-state index is 12.7. The number of methoxy groups -OCH3 is 2. The van der Waals surface area contributed by atoms with Crippen molar-refractivity contribution in [3.05, 3.63) is 83.4 Å². The summed E-state index contributed by atoms with van der Waals surface area (Å²) in [6.45, 7) is 1.95. The molecular weight excluding hydrogens is 368 g/mol. The number of ether oxygens (including phenoxy) is 2. The molecule has 0 unspecified atom stereocenters. The van der Waals surface area contributed by atoms with Gasteiger partial charge in [0, 0.05) is 22.9 Å². The van der Waals surface area contributed by atoms with Gasteiger partial charge < -0.3 is 20.1 Å². The molecule has 0 bridgehead atoms. The average Bonchev–Trinajstić information content (AvgIpc) is 2.74. The number of hydrogen-bond acceptors (Lipinski definition) is 4. The second-order valence-electron chi connectivity index (χ2n) is 6.42. The summed E-state index contributed by atoms with van der Waals surface area (Å²) in [4.78, 5) is 25.2. The van der Waals surface area contributed by atoms with Crippen molar-refractivity contribution in [3.63, 3.8) is 0 Å². The number of hydrogen-bond donors (Lipinski definition) is 2. The molecule has 3 rings (SSSR count). The molecule has 2 N–H and O–H groups in total. The van der Waals surface area contributed by atoms with Crippen LogP contribution < -0.4 is 20.1 Å². The minimum Gasteiger partial charge on any atom is -0.497 e. The summed E-state index contributed by atoms with van der Waals surface area (Å²) in [6, 6.07) is 19.2. The zero-order chi connectivity index (χ0) is 20.8. The largest absolute Gasteiger partial charge is 0.497 e. The fourth-order valence-electron chi connectivity index (χ4n) is 2.82. The standard InChI is InChI=1S/C23H22N2O4/c1-15-6-4-9-18(12-15)24-22(26)16-7-5-8-17(13-16)23(27)25-20-11-10-19(28-2)14-21(20)29-3/h4-14H,1-3H3,(H,24,26)(H,25,27). The molecule has 3 aromatic carbocycles. The molecule has 0 spiro atoms. The Hall–Kier alpha value is -3.80. The van der Waals surface area contributed by atoms with Gasteiger partial charge in [0.05, 0.1) is 19.9 Å². The molecule has 0 radical (unpaired) electrons. The topological polar surface area (TPSA) is 76.7 Å². The van der Waals surface area contributed by atoms with Crippen LogP contribution in [0.4, 0.5) is 11.4 Å². The van der Waals surface area contributed by atoms with Crippen LogP contribution in [0.25, 0.3) is 0 Å². The predicted octanol–water partition coefficient (Wildman–Crippen LogP) is 4.52. The van der Waals surface area contributed by atoms with Crippen LogP contribution in [0.2, 0.25) is 0 Å². The Labute approximate surface area is 169 Å². The summed E-state index contributed by atoms with van der Waals surface area (Å²) < 4.78 is 10.5. The van der Waals surface area contributed by atoms with Gasteiger partial charge in [0.15, 0.2) is 0 Å². The Bertz CT molecular complexity index is 1050. The van der Waals surface area contributed by atoms with Crippen molar-refractivity contribution in [2.24, 2.45) is 0 Å². The molecule has 0 saturated carbocycles. The molecule has 0 aliphatic carbocycles. The summed E-state index contributed by atoms with van der Waals surface area (Å²) in [5, 5.41) is 5.64. The molecular formula is C23H22N2O4. The number of anilines is 2. The molecule has 0 aromatic heterocycles. The number of carbonyl (C=O) groups excluding carboxylic acids is 2. The third kappa shape index (κ3) is 4.93. The van der Waals surface area contributed by atoms with Gasteiger partial charge in [0.25, 0.3) is 11.8 Å². The van der Waals surface area contributed by atoms with E-state index in [-0.39, 0.29) is 11.8 Å². The van der Waals surface area contributed by atoms with Crippen LogP contribution in [0.1, 0.15) is 26.3 Å². The van der Waals surface area contributed by atoms with E-state index < -0.39 is 0 Å². The second kappa shape index (κ2) is 8.93. The van der Waals surface area contributed by atoms with Crippen molar-refractivity contribution < 1.29 is 19.1 Å². The van der Waals surface area contributed by atoms with Crippen molar-refractivity contribution in [3.8, 4) is 11.5 Å². The summed E-state index contributed by atoms with van der Waals surface area (Å²) >= 11 is 0. The lowest BCUT2D eigenvalue weighted by molar-refractivity contribution is 0.102. The number of amides is 2. The molecule has 148 valence electrons. The summed E-state index contributed by atoms with van der Waals surface area (Å²) in [7, 11) is 3.07. The first-order chi connectivity index (χ1) is 14.0. The first-order valence-corrected chi connectivity index (χ1v) is 9.01. The number of rotatable bonds is 6. The molecule has 6 nitrogen and oxygen atoms in total. The Morgan fingerprint density at radius 1 is 0.759 bits per heavy atom. The van der Waals surface area contributed by atoms with Crippen molar-refractivity contribution >= 4 is 23.2 Å². The molecule has 3 aromatic rings.